The minimum Gasteiger partial charge on any atom is -0.497 e. The Morgan fingerprint density at radius 2 is 1.92 bits per heavy atom. The summed E-state index contributed by atoms with van der Waals surface area (Å²) in [4.78, 5) is 12.3. The summed E-state index contributed by atoms with van der Waals surface area (Å²) in [7, 11) is 1.61. The molecule has 3 aromatic rings. The summed E-state index contributed by atoms with van der Waals surface area (Å²) < 4.78 is 20.4. The van der Waals surface area contributed by atoms with Gasteiger partial charge in [-0.1, -0.05) is 18.2 Å². The molecule has 2 aromatic carbocycles. The molecule has 0 spiro atoms. The molecule has 3 rings (SSSR count). The van der Waals surface area contributed by atoms with Crippen LogP contribution in [0.1, 0.15) is 21.7 Å². The number of hydrogen-bond donors (Lipinski definition) is 1. The Morgan fingerprint density at radius 1 is 1.19 bits per heavy atom. The van der Waals surface area contributed by atoms with Gasteiger partial charge in [-0.15, -0.1) is 0 Å². The summed E-state index contributed by atoms with van der Waals surface area (Å²) in [6.07, 6.45) is 0.427. The smallest absolute Gasteiger partial charge is 0.271 e. The second-order valence-electron chi connectivity index (χ2n) is 5.88. The van der Waals surface area contributed by atoms with Crippen molar-refractivity contribution in [3.63, 3.8) is 0 Å². The Kier molecular flexibility index (Phi) is 5.31. The van der Waals surface area contributed by atoms with Gasteiger partial charge in [0.15, 0.2) is 5.69 Å². The van der Waals surface area contributed by atoms with Crippen LogP contribution in [0, 0.1) is 12.7 Å². The van der Waals surface area contributed by atoms with Crippen LogP contribution >= 0.6 is 0 Å². The van der Waals surface area contributed by atoms with E-state index in [1.165, 1.54) is 6.07 Å². The highest BCUT2D eigenvalue weighted by Crippen LogP contribution is 2.17. The largest absolute Gasteiger partial charge is 0.497 e. The lowest BCUT2D eigenvalue weighted by Crippen LogP contribution is -2.26. The molecular weight excluding hydrogens is 333 g/mol. The zero-order valence-electron chi connectivity index (χ0n) is 14.7. The van der Waals surface area contributed by atoms with Gasteiger partial charge in [-0.3, -0.25) is 4.79 Å². The number of carbonyl (C=O) groups is 1. The molecule has 0 atom stereocenters. The number of rotatable bonds is 6. The molecule has 0 unspecified atom stereocenters. The molecule has 0 aliphatic rings. The molecule has 0 saturated heterocycles. The highest BCUT2D eigenvalue weighted by atomic mass is 19.1. The van der Waals surface area contributed by atoms with E-state index in [0.717, 1.165) is 17.1 Å². The second-order valence-corrected chi connectivity index (χ2v) is 5.88. The van der Waals surface area contributed by atoms with E-state index in [1.807, 2.05) is 31.2 Å². The van der Waals surface area contributed by atoms with E-state index in [2.05, 4.69) is 10.4 Å². The molecule has 26 heavy (non-hydrogen) atoms. The highest BCUT2D eigenvalue weighted by molar-refractivity contribution is 5.92. The number of nitrogens with one attached hydrogen (secondary N) is 1. The fourth-order valence-electron chi connectivity index (χ4n) is 2.67. The molecular formula is C20H20FN3O2. The zero-order valence-corrected chi connectivity index (χ0v) is 14.7. The maximum Gasteiger partial charge on any atom is 0.271 e. The predicted molar refractivity (Wildman–Crippen MR) is 97.3 cm³/mol. The minimum atomic E-state index is -0.281. The van der Waals surface area contributed by atoms with Crippen molar-refractivity contribution < 1.29 is 13.9 Å². The number of amides is 1. The van der Waals surface area contributed by atoms with Crippen molar-refractivity contribution in [3.05, 3.63) is 77.4 Å². The summed E-state index contributed by atoms with van der Waals surface area (Å²) in [6, 6.07) is 15.7. The lowest BCUT2D eigenvalue weighted by Gasteiger charge is -2.06. The molecule has 6 heteroatoms. The number of carbonyl (C=O) groups excluding carboxylic acids is 1. The summed E-state index contributed by atoms with van der Waals surface area (Å²) in [5.74, 6) is 0.211. The molecule has 1 N–H and O–H groups in total. The monoisotopic (exact) mass is 353 g/mol. The van der Waals surface area contributed by atoms with Gasteiger partial charge < -0.3 is 10.1 Å². The third-order valence-corrected chi connectivity index (χ3v) is 4.07. The summed E-state index contributed by atoms with van der Waals surface area (Å²) in [5, 5.41) is 7.15. The molecule has 0 fully saturated rings. The fourth-order valence-corrected chi connectivity index (χ4v) is 2.67. The summed E-state index contributed by atoms with van der Waals surface area (Å²) in [6.45, 7) is 2.22. The zero-order chi connectivity index (χ0) is 18.5. The van der Waals surface area contributed by atoms with Crippen molar-refractivity contribution in [2.75, 3.05) is 13.7 Å². The van der Waals surface area contributed by atoms with Crippen molar-refractivity contribution in [1.29, 1.82) is 0 Å². The average molecular weight is 353 g/mol. The van der Waals surface area contributed by atoms with Crippen molar-refractivity contribution in [2.24, 2.45) is 0 Å². The van der Waals surface area contributed by atoms with E-state index < -0.39 is 0 Å². The van der Waals surface area contributed by atoms with E-state index in [9.17, 15) is 9.18 Å². The summed E-state index contributed by atoms with van der Waals surface area (Å²) >= 11 is 0. The van der Waals surface area contributed by atoms with Gasteiger partial charge in [0.05, 0.1) is 12.8 Å². The molecule has 0 aliphatic carbocycles. The first-order valence-electron chi connectivity index (χ1n) is 8.31. The van der Waals surface area contributed by atoms with Gasteiger partial charge in [0, 0.05) is 12.2 Å². The normalized spacial score (nSPS) is 10.6. The number of benzene rings is 2. The van der Waals surface area contributed by atoms with E-state index >= 15 is 0 Å². The van der Waals surface area contributed by atoms with Crippen molar-refractivity contribution in [2.45, 2.75) is 13.3 Å². The Hall–Kier alpha value is -3.15. The number of halogens is 1. The van der Waals surface area contributed by atoms with Crippen LogP contribution in [0.25, 0.3) is 5.69 Å². The number of hydrogen-bond acceptors (Lipinski definition) is 3. The van der Waals surface area contributed by atoms with Crippen LogP contribution in [0.2, 0.25) is 0 Å². The molecule has 0 saturated carbocycles. The number of aryl methyl sites for hydroxylation is 1. The lowest BCUT2D eigenvalue weighted by atomic mass is 10.1. The van der Waals surface area contributed by atoms with E-state index in [0.29, 0.717) is 24.2 Å². The average Bonchev–Trinajstić information content (AvgIpc) is 3.05. The molecule has 1 aromatic heterocycles. The van der Waals surface area contributed by atoms with Gasteiger partial charge in [0.2, 0.25) is 0 Å². The Balaban J connectivity index is 1.65. The summed E-state index contributed by atoms with van der Waals surface area (Å²) in [5.41, 5.74) is 2.59. The van der Waals surface area contributed by atoms with Crippen LogP contribution in [0.3, 0.4) is 0 Å². The van der Waals surface area contributed by atoms with Crippen LogP contribution in [-0.2, 0) is 6.42 Å². The molecule has 0 aliphatic heterocycles. The van der Waals surface area contributed by atoms with Crippen LogP contribution in [-0.4, -0.2) is 29.3 Å². The van der Waals surface area contributed by atoms with Gasteiger partial charge in [-0.05, 0) is 55.3 Å². The maximum atomic E-state index is 13.6. The van der Waals surface area contributed by atoms with Crippen LogP contribution in [0.4, 0.5) is 4.39 Å². The molecule has 0 bridgehead atoms. The van der Waals surface area contributed by atoms with Crippen LogP contribution < -0.4 is 10.1 Å². The Labute approximate surface area is 151 Å². The third-order valence-electron chi connectivity index (χ3n) is 4.07. The molecule has 0 radical (unpaired) electrons. The standard InChI is InChI=1S/C20H20FN3O2/c1-14-13-19(23-24(14)16-7-9-17(26-2)10-8-16)20(25)22-12-11-15-5-3-4-6-18(15)21/h3-10,13H,11-12H2,1-2H3,(H,22,25). The maximum absolute atomic E-state index is 13.6. The lowest BCUT2D eigenvalue weighted by molar-refractivity contribution is 0.0948. The van der Waals surface area contributed by atoms with Gasteiger partial charge in [-0.2, -0.15) is 5.10 Å². The Morgan fingerprint density at radius 3 is 2.62 bits per heavy atom. The minimum absolute atomic E-state index is 0.263. The molecule has 1 amide bonds. The first kappa shape index (κ1) is 17.7. The number of nitrogens with zero attached hydrogens (tertiary/aromatic N) is 2. The van der Waals surface area contributed by atoms with E-state index in [4.69, 9.17) is 4.74 Å². The number of ether oxygens (including phenoxy) is 1. The topological polar surface area (TPSA) is 56.2 Å². The van der Waals surface area contributed by atoms with Crippen molar-refractivity contribution in [3.8, 4) is 11.4 Å². The SMILES string of the molecule is COc1ccc(-n2nc(C(=O)NCCc3ccccc3F)cc2C)cc1. The number of methoxy groups -OCH3 is 1. The molecule has 134 valence electrons. The number of aromatic nitrogens is 2. The first-order valence-corrected chi connectivity index (χ1v) is 8.31. The van der Waals surface area contributed by atoms with Gasteiger partial charge >= 0.3 is 0 Å². The van der Waals surface area contributed by atoms with E-state index in [1.54, 1.807) is 36.1 Å². The van der Waals surface area contributed by atoms with Crippen molar-refractivity contribution >= 4 is 5.91 Å². The van der Waals surface area contributed by atoms with Crippen LogP contribution in [0.15, 0.2) is 54.6 Å². The quantitative estimate of drug-likeness (QED) is 0.740. The van der Waals surface area contributed by atoms with Gasteiger partial charge in [0.1, 0.15) is 11.6 Å². The van der Waals surface area contributed by atoms with Crippen molar-refractivity contribution in [1.82, 2.24) is 15.1 Å². The highest BCUT2D eigenvalue weighted by Gasteiger charge is 2.13. The Bertz CT molecular complexity index is 904. The molecule has 1 heterocycles. The predicted octanol–water partition coefficient (Wildman–Crippen LogP) is 3.30. The van der Waals surface area contributed by atoms with E-state index in [-0.39, 0.29) is 11.7 Å². The first-order chi connectivity index (χ1) is 12.6. The second kappa shape index (κ2) is 7.82. The van der Waals surface area contributed by atoms with Crippen LogP contribution in [0.5, 0.6) is 5.75 Å². The molecule has 5 nitrogen and oxygen atoms in total. The third kappa shape index (κ3) is 3.91. The van der Waals surface area contributed by atoms with Gasteiger partial charge in [-0.25, -0.2) is 9.07 Å². The fraction of sp³-hybridized carbons (Fsp3) is 0.200. The van der Waals surface area contributed by atoms with Gasteiger partial charge in [0.25, 0.3) is 5.91 Å².